The maximum absolute atomic E-state index is 6.13. The third-order valence-corrected chi connectivity index (χ3v) is 3.31. The van der Waals surface area contributed by atoms with Crippen molar-refractivity contribution in [2.24, 2.45) is 0 Å². The average Bonchev–Trinajstić information content (AvgIpc) is 2.88. The average molecular weight is 300 g/mol. The molecule has 0 fully saturated rings. The zero-order chi connectivity index (χ0) is 13.7. The second kappa shape index (κ2) is 6.78. The molecule has 0 spiro atoms. The highest BCUT2D eigenvalue weighted by atomic mass is 35.5. The fourth-order valence-corrected chi connectivity index (χ4v) is 2.23. The van der Waals surface area contributed by atoms with Crippen LogP contribution in [0.4, 0.5) is 5.95 Å². The van der Waals surface area contributed by atoms with Crippen molar-refractivity contribution >= 4 is 29.2 Å². The van der Waals surface area contributed by atoms with Crippen molar-refractivity contribution in [3.63, 3.8) is 0 Å². The van der Waals surface area contributed by atoms with Crippen LogP contribution in [0.3, 0.4) is 0 Å². The highest BCUT2D eigenvalue weighted by Crippen LogP contribution is 2.24. The molecule has 0 aliphatic rings. The molecule has 1 N–H and O–H groups in total. The van der Waals surface area contributed by atoms with Crippen molar-refractivity contribution in [1.82, 2.24) is 9.97 Å². The zero-order valence-electron chi connectivity index (χ0n) is 10.6. The van der Waals surface area contributed by atoms with E-state index in [0.29, 0.717) is 22.8 Å². The first kappa shape index (κ1) is 14.2. The van der Waals surface area contributed by atoms with Crippen LogP contribution in [0, 0.1) is 0 Å². The first-order chi connectivity index (χ1) is 9.20. The van der Waals surface area contributed by atoms with Crippen molar-refractivity contribution in [3.05, 3.63) is 40.0 Å². The van der Waals surface area contributed by atoms with Crippen LogP contribution in [0.15, 0.2) is 22.8 Å². The molecule has 0 saturated carbocycles. The Hall–Kier alpha value is -1.26. The molecule has 6 heteroatoms. The number of rotatable bonds is 6. The maximum Gasteiger partial charge on any atom is 0.225 e. The minimum absolute atomic E-state index is 0.409. The molecule has 19 heavy (non-hydrogen) atoms. The van der Waals surface area contributed by atoms with E-state index in [9.17, 15) is 0 Å². The van der Waals surface area contributed by atoms with E-state index in [4.69, 9.17) is 27.6 Å². The largest absolute Gasteiger partial charge is 0.467 e. The highest BCUT2D eigenvalue weighted by molar-refractivity contribution is 6.34. The Morgan fingerprint density at radius 1 is 1.26 bits per heavy atom. The van der Waals surface area contributed by atoms with Crippen molar-refractivity contribution < 1.29 is 4.42 Å². The topological polar surface area (TPSA) is 51.0 Å². The molecule has 0 unspecified atom stereocenters. The lowest BCUT2D eigenvalue weighted by Crippen LogP contribution is -2.05. The number of aromatic nitrogens is 2. The number of furan rings is 1. The standard InChI is InChI=1S/C13H15Cl2N3O/c1-2-3-6-10-11(14)17-13(18-12(10)15)16-8-9-5-4-7-19-9/h4-5,7H,2-3,6,8H2,1H3,(H,16,17,18). The van der Waals surface area contributed by atoms with Crippen LogP contribution in [0.2, 0.25) is 10.3 Å². The number of nitrogens with one attached hydrogen (secondary N) is 1. The van der Waals surface area contributed by atoms with Crippen LogP contribution in [-0.2, 0) is 13.0 Å². The molecule has 2 heterocycles. The van der Waals surface area contributed by atoms with E-state index in [2.05, 4.69) is 22.2 Å². The van der Waals surface area contributed by atoms with E-state index < -0.39 is 0 Å². The van der Waals surface area contributed by atoms with Crippen molar-refractivity contribution in [2.45, 2.75) is 32.7 Å². The predicted octanol–water partition coefficient (Wildman–Crippen LogP) is 4.33. The molecule has 0 amide bonds. The lowest BCUT2D eigenvalue weighted by atomic mass is 10.1. The molecule has 2 rings (SSSR count). The summed E-state index contributed by atoms with van der Waals surface area (Å²) in [7, 11) is 0. The lowest BCUT2D eigenvalue weighted by Gasteiger charge is -2.08. The van der Waals surface area contributed by atoms with E-state index in [0.717, 1.165) is 30.6 Å². The minimum atomic E-state index is 0.409. The lowest BCUT2D eigenvalue weighted by molar-refractivity contribution is 0.517. The summed E-state index contributed by atoms with van der Waals surface area (Å²) in [6, 6.07) is 3.69. The molecule has 0 saturated heterocycles. The second-order valence-electron chi connectivity index (χ2n) is 4.14. The second-order valence-corrected chi connectivity index (χ2v) is 4.86. The van der Waals surface area contributed by atoms with Gasteiger partial charge in [-0.1, -0.05) is 36.5 Å². The maximum atomic E-state index is 6.13. The minimum Gasteiger partial charge on any atom is -0.467 e. The smallest absolute Gasteiger partial charge is 0.225 e. The van der Waals surface area contributed by atoms with Crippen LogP contribution < -0.4 is 5.32 Å². The number of hydrogen-bond donors (Lipinski definition) is 1. The zero-order valence-corrected chi connectivity index (χ0v) is 12.1. The molecule has 102 valence electrons. The van der Waals surface area contributed by atoms with Gasteiger partial charge in [-0.2, -0.15) is 0 Å². The molecule has 0 bridgehead atoms. The van der Waals surface area contributed by atoms with Gasteiger partial charge in [0.2, 0.25) is 5.95 Å². The Morgan fingerprint density at radius 3 is 2.58 bits per heavy atom. The van der Waals surface area contributed by atoms with Crippen molar-refractivity contribution in [2.75, 3.05) is 5.32 Å². The van der Waals surface area contributed by atoms with Crippen LogP contribution in [-0.4, -0.2) is 9.97 Å². The van der Waals surface area contributed by atoms with Gasteiger partial charge in [-0.25, -0.2) is 9.97 Å². The molecule has 0 aliphatic heterocycles. The number of unbranched alkanes of at least 4 members (excludes halogenated alkanes) is 1. The van der Waals surface area contributed by atoms with Gasteiger partial charge in [0.05, 0.1) is 12.8 Å². The van der Waals surface area contributed by atoms with Gasteiger partial charge in [0.1, 0.15) is 16.1 Å². The fourth-order valence-electron chi connectivity index (χ4n) is 1.65. The summed E-state index contributed by atoms with van der Waals surface area (Å²) in [5.74, 6) is 1.21. The SMILES string of the molecule is CCCCc1c(Cl)nc(NCc2ccco2)nc1Cl. The van der Waals surface area contributed by atoms with E-state index in [1.807, 2.05) is 12.1 Å². The van der Waals surface area contributed by atoms with E-state index in [1.54, 1.807) is 6.26 Å². The Labute approximate surface area is 122 Å². The summed E-state index contributed by atoms with van der Waals surface area (Å²) in [6.45, 7) is 2.61. The molecule has 0 radical (unpaired) electrons. The monoisotopic (exact) mass is 299 g/mol. The van der Waals surface area contributed by atoms with Gasteiger partial charge in [-0.3, -0.25) is 0 Å². The Kier molecular flexibility index (Phi) is 5.05. The van der Waals surface area contributed by atoms with Gasteiger partial charge in [0, 0.05) is 5.56 Å². The van der Waals surface area contributed by atoms with Crippen molar-refractivity contribution in [1.29, 1.82) is 0 Å². The van der Waals surface area contributed by atoms with Gasteiger partial charge in [-0.05, 0) is 25.0 Å². The van der Waals surface area contributed by atoms with Crippen LogP contribution in [0.5, 0.6) is 0 Å². The van der Waals surface area contributed by atoms with E-state index >= 15 is 0 Å². The molecule has 0 aromatic carbocycles. The van der Waals surface area contributed by atoms with E-state index in [1.165, 1.54) is 0 Å². The van der Waals surface area contributed by atoms with Gasteiger partial charge in [-0.15, -0.1) is 0 Å². The number of nitrogens with zero attached hydrogens (tertiary/aromatic N) is 2. The first-order valence-corrected chi connectivity index (χ1v) is 6.94. The van der Waals surface area contributed by atoms with Gasteiger partial charge in [0.25, 0.3) is 0 Å². The summed E-state index contributed by atoms with van der Waals surface area (Å²) in [5, 5.41) is 3.85. The molecule has 2 aromatic heterocycles. The molecule has 2 aromatic rings. The summed E-state index contributed by atoms with van der Waals surface area (Å²) < 4.78 is 5.21. The fraction of sp³-hybridized carbons (Fsp3) is 0.385. The molecular weight excluding hydrogens is 285 g/mol. The molecule has 4 nitrogen and oxygen atoms in total. The van der Waals surface area contributed by atoms with Crippen LogP contribution in [0.25, 0.3) is 0 Å². The van der Waals surface area contributed by atoms with Gasteiger partial charge in [0.15, 0.2) is 0 Å². The Balaban J connectivity index is 2.06. The third-order valence-electron chi connectivity index (χ3n) is 2.69. The molecular formula is C13H15Cl2N3O. The Morgan fingerprint density at radius 2 is 2.00 bits per heavy atom. The summed E-state index contributed by atoms with van der Waals surface area (Å²) in [4.78, 5) is 8.41. The summed E-state index contributed by atoms with van der Waals surface area (Å²) in [5.41, 5.74) is 0.814. The first-order valence-electron chi connectivity index (χ1n) is 6.19. The van der Waals surface area contributed by atoms with Crippen molar-refractivity contribution in [3.8, 4) is 0 Å². The third kappa shape index (κ3) is 3.85. The van der Waals surface area contributed by atoms with Gasteiger partial charge >= 0.3 is 0 Å². The molecule has 0 atom stereocenters. The summed E-state index contributed by atoms with van der Waals surface area (Å²) >= 11 is 12.3. The summed E-state index contributed by atoms with van der Waals surface area (Å²) in [6.07, 6.45) is 4.51. The van der Waals surface area contributed by atoms with E-state index in [-0.39, 0.29) is 0 Å². The van der Waals surface area contributed by atoms with Crippen LogP contribution >= 0.6 is 23.2 Å². The quantitative estimate of drug-likeness (QED) is 0.807. The van der Waals surface area contributed by atoms with Crippen LogP contribution in [0.1, 0.15) is 31.1 Å². The Bertz CT molecular complexity index is 506. The van der Waals surface area contributed by atoms with Gasteiger partial charge < -0.3 is 9.73 Å². The number of anilines is 1. The molecule has 0 aliphatic carbocycles. The number of halogens is 2. The normalized spacial score (nSPS) is 10.7. The highest BCUT2D eigenvalue weighted by Gasteiger charge is 2.11. The predicted molar refractivity (Wildman–Crippen MR) is 76.7 cm³/mol. The number of hydrogen-bond acceptors (Lipinski definition) is 4.